The van der Waals surface area contributed by atoms with Crippen LogP contribution in [0, 0.1) is 13.8 Å². The van der Waals surface area contributed by atoms with Gasteiger partial charge in [0, 0.05) is 11.8 Å². The Hall–Kier alpha value is -1.61. The number of rotatable bonds is 2. The lowest BCUT2D eigenvalue weighted by Gasteiger charge is -2.01. The Morgan fingerprint density at radius 2 is 2.07 bits per heavy atom. The first-order valence-corrected chi connectivity index (χ1v) is 4.93. The van der Waals surface area contributed by atoms with Crippen LogP contribution >= 0.6 is 0 Å². The summed E-state index contributed by atoms with van der Waals surface area (Å²) < 4.78 is 0. The molecule has 2 rings (SSSR count). The predicted octanol–water partition coefficient (Wildman–Crippen LogP) is 2.19. The lowest BCUT2D eigenvalue weighted by Crippen LogP contribution is -1.86. The molecular weight excluding hydrogens is 188 g/mol. The minimum absolute atomic E-state index is 0.0508. The molecule has 15 heavy (non-hydrogen) atoms. The molecule has 0 saturated heterocycles. The van der Waals surface area contributed by atoms with E-state index in [0.29, 0.717) is 5.82 Å². The first kappa shape index (κ1) is 9.93. The first-order chi connectivity index (χ1) is 7.20. The first-order valence-electron chi connectivity index (χ1n) is 4.93. The molecule has 2 aromatic rings. The fourth-order valence-corrected chi connectivity index (χ4v) is 1.49. The number of aryl methyl sites for hydroxylation is 2. The molecule has 78 valence electrons. The number of H-pyrrole nitrogens is 1. The summed E-state index contributed by atoms with van der Waals surface area (Å²) in [6.07, 6.45) is 1.82. The highest BCUT2D eigenvalue weighted by Crippen LogP contribution is 2.20. The van der Waals surface area contributed by atoms with Gasteiger partial charge in [-0.2, -0.15) is 0 Å². The molecule has 0 fully saturated rings. The molecule has 1 aromatic carbocycles. The Morgan fingerprint density at radius 3 is 2.67 bits per heavy atom. The molecule has 1 aromatic heterocycles. The van der Waals surface area contributed by atoms with Crippen LogP contribution < -0.4 is 0 Å². The quantitative estimate of drug-likeness (QED) is 0.784. The summed E-state index contributed by atoms with van der Waals surface area (Å²) in [5, 5.41) is 8.90. The Bertz CT molecular complexity index is 474. The van der Waals surface area contributed by atoms with E-state index < -0.39 is 0 Å². The normalized spacial score (nSPS) is 10.6. The third-order valence-corrected chi connectivity index (χ3v) is 2.58. The van der Waals surface area contributed by atoms with E-state index in [4.69, 9.17) is 5.11 Å². The molecule has 0 atom stereocenters. The molecule has 0 aliphatic carbocycles. The van der Waals surface area contributed by atoms with Crippen molar-refractivity contribution in [3.05, 3.63) is 41.3 Å². The monoisotopic (exact) mass is 202 g/mol. The maximum Gasteiger partial charge on any atom is 0.132 e. The maximum absolute atomic E-state index is 8.90. The van der Waals surface area contributed by atoms with E-state index in [1.165, 1.54) is 11.1 Å². The van der Waals surface area contributed by atoms with Crippen molar-refractivity contribution in [3.63, 3.8) is 0 Å². The van der Waals surface area contributed by atoms with Crippen molar-refractivity contribution < 1.29 is 5.11 Å². The average Bonchev–Trinajstić information content (AvgIpc) is 2.70. The molecule has 0 radical (unpaired) electrons. The van der Waals surface area contributed by atoms with Gasteiger partial charge in [-0.1, -0.05) is 12.1 Å². The Labute approximate surface area is 88.8 Å². The SMILES string of the molecule is Cc1ccc(-c2c[nH]c(CO)n2)cc1C. The van der Waals surface area contributed by atoms with Crippen LogP contribution in [0.4, 0.5) is 0 Å². The number of benzene rings is 1. The smallest absolute Gasteiger partial charge is 0.132 e. The number of aliphatic hydroxyl groups excluding tert-OH is 1. The van der Waals surface area contributed by atoms with Crippen molar-refractivity contribution in [3.8, 4) is 11.3 Å². The second-order valence-electron chi connectivity index (χ2n) is 3.69. The summed E-state index contributed by atoms with van der Waals surface area (Å²) in [6.45, 7) is 4.12. The van der Waals surface area contributed by atoms with E-state index in [1.807, 2.05) is 12.3 Å². The van der Waals surface area contributed by atoms with Crippen molar-refractivity contribution in [2.24, 2.45) is 0 Å². The van der Waals surface area contributed by atoms with Crippen LogP contribution in [0.2, 0.25) is 0 Å². The molecule has 3 heteroatoms. The van der Waals surface area contributed by atoms with Crippen LogP contribution in [-0.4, -0.2) is 15.1 Å². The second kappa shape index (κ2) is 3.87. The van der Waals surface area contributed by atoms with Gasteiger partial charge >= 0.3 is 0 Å². The van der Waals surface area contributed by atoms with E-state index in [1.54, 1.807) is 0 Å². The maximum atomic E-state index is 8.90. The summed E-state index contributed by atoms with van der Waals surface area (Å²) in [7, 11) is 0. The van der Waals surface area contributed by atoms with E-state index >= 15 is 0 Å². The summed E-state index contributed by atoms with van der Waals surface area (Å²) in [5.41, 5.74) is 4.48. The van der Waals surface area contributed by atoms with Crippen LogP contribution in [0.5, 0.6) is 0 Å². The van der Waals surface area contributed by atoms with Gasteiger partial charge in [-0.05, 0) is 31.0 Å². The lowest BCUT2D eigenvalue weighted by atomic mass is 10.1. The largest absolute Gasteiger partial charge is 0.388 e. The summed E-state index contributed by atoms with van der Waals surface area (Å²) >= 11 is 0. The molecule has 0 bridgehead atoms. The van der Waals surface area contributed by atoms with Gasteiger partial charge in [0.1, 0.15) is 12.4 Å². The zero-order valence-corrected chi connectivity index (χ0v) is 8.91. The number of nitrogens with one attached hydrogen (secondary N) is 1. The highest BCUT2D eigenvalue weighted by Gasteiger charge is 2.03. The van der Waals surface area contributed by atoms with Gasteiger partial charge in [0.2, 0.25) is 0 Å². The number of hydrogen-bond acceptors (Lipinski definition) is 2. The third kappa shape index (κ3) is 1.92. The second-order valence-corrected chi connectivity index (χ2v) is 3.69. The number of aromatic amines is 1. The fraction of sp³-hybridized carbons (Fsp3) is 0.250. The Morgan fingerprint density at radius 1 is 1.27 bits per heavy atom. The number of nitrogens with zero attached hydrogens (tertiary/aromatic N) is 1. The Balaban J connectivity index is 2.40. The molecule has 0 aliphatic heterocycles. The summed E-state index contributed by atoms with van der Waals surface area (Å²) in [4.78, 5) is 7.19. The fourth-order valence-electron chi connectivity index (χ4n) is 1.49. The van der Waals surface area contributed by atoms with Gasteiger partial charge in [-0.15, -0.1) is 0 Å². The topological polar surface area (TPSA) is 48.9 Å². The van der Waals surface area contributed by atoms with Gasteiger partial charge < -0.3 is 10.1 Å². The standard InChI is InChI=1S/C12H14N2O/c1-8-3-4-10(5-9(8)2)11-6-13-12(7-15)14-11/h3-6,15H,7H2,1-2H3,(H,13,14). The average molecular weight is 202 g/mol. The van der Waals surface area contributed by atoms with E-state index in [2.05, 4.69) is 35.9 Å². The zero-order valence-electron chi connectivity index (χ0n) is 8.91. The molecule has 0 amide bonds. The minimum Gasteiger partial charge on any atom is -0.388 e. The third-order valence-electron chi connectivity index (χ3n) is 2.58. The van der Waals surface area contributed by atoms with E-state index in [-0.39, 0.29) is 6.61 Å². The van der Waals surface area contributed by atoms with Crippen LogP contribution in [0.3, 0.4) is 0 Å². The van der Waals surface area contributed by atoms with Crippen molar-refractivity contribution >= 4 is 0 Å². The highest BCUT2D eigenvalue weighted by molar-refractivity contribution is 5.60. The van der Waals surface area contributed by atoms with E-state index in [0.717, 1.165) is 11.3 Å². The zero-order chi connectivity index (χ0) is 10.8. The van der Waals surface area contributed by atoms with E-state index in [9.17, 15) is 0 Å². The minimum atomic E-state index is -0.0508. The molecule has 2 N–H and O–H groups in total. The van der Waals surface area contributed by atoms with Gasteiger partial charge in [0.15, 0.2) is 0 Å². The van der Waals surface area contributed by atoms with Gasteiger partial charge in [0.05, 0.1) is 5.69 Å². The van der Waals surface area contributed by atoms with Crippen LogP contribution in [0.15, 0.2) is 24.4 Å². The lowest BCUT2D eigenvalue weighted by molar-refractivity contribution is 0.272. The van der Waals surface area contributed by atoms with Gasteiger partial charge in [0.25, 0.3) is 0 Å². The van der Waals surface area contributed by atoms with Gasteiger partial charge in [-0.25, -0.2) is 4.98 Å². The molecule has 0 unspecified atom stereocenters. The van der Waals surface area contributed by atoms with Crippen LogP contribution in [-0.2, 0) is 6.61 Å². The predicted molar refractivity (Wildman–Crippen MR) is 59.4 cm³/mol. The number of hydrogen-bond donors (Lipinski definition) is 2. The molecule has 0 aliphatic rings. The molecule has 1 heterocycles. The van der Waals surface area contributed by atoms with Crippen molar-refractivity contribution in [2.75, 3.05) is 0 Å². The van der Waals surface area contributed by atoms with Crippen LogP contribution in [0.1, 0.15) is 17.0 Å². The summed E-state index contributed by atoms with van der Waals surface area (Å²) in [5.74, 6) is 0.600. The number of aromatic nitrogens is 2. The number of aliphatic hydroxyl groups is 1. The van der Waals surface area contributed by atoms with Crippen molar-refractivity contribution in [1.29, 1.82) is 0 Å². The summed E-state index contributed by atoms with van der Waals surface area (Å²) in [6, 6.07) is 6.23. The molecule has 0 spiro atoms. The van der Waals surface area contributed by atoms with Crippen molar-refractivity contribution in [1.82, 2.24) is 9.97 Å². The van der Waals surface area contributed by atoms with Gasteiger partial charge in [-0.3, -0.25) is 0 Å². The Kier molecular flexibility index (Phi) is 2.56. The molecule has 0 saturated carbocycles. The molecular formula is C12H14N2O. The highest BCUT2D eigenvalue weighted by atomic mass is 16.3. The molecule has 3 nitrogen and oxygen atoms in total. The van der Waals surface area contributed by atoms with Crippen molar-refractivity contribution in [2.45, 2.75) is 20.5 Å². The van der Waals surface area contributed by atoms with Crippen LogP contribution in [0.25, 0.3) is 11.3 Å². The number of imidazole rings is 1.